The van der Waals surface area contributed by atoms with Gasteiger partial charge in [0.05, 0.1) is 5.56 Å². The molecule has 0 N–H and O–H groups in total. The Kier molecular flexibility index (Phi) is 5.09. The molecule has 0 aliphatic rings. The van der Waals surface area contributed by atoms with Gasteiger partial charge in [0, 0.05) is 24.7 Å². The van der Waals surface area contributed by atoms with Crippen molar-refractivity contribution < 1.29 is 9.18 Å². The molecule has 0 spiro atoms. The molecule has 1 atom stereocenters. The van der Waals surface area contributed by atoms with E-state index in [1.807, 2.05) is 44.2 Å². The Morgan fingerprint density at radius 3 is 2.33 bits per heavy atom. The van der Waals surface area contributed by atoms with Gasteiger partial charge in [0.25, 0.3) is 0 Å². The van der Waals surface area contributed by atoms with Gasteiger partial charge in [-0.1, -0.05) is 37.3 Å². The molecule has 0 bridgehead atoms. The molecule has 0 aliphatic carbocycles. The Balaban J connectivity index is 2.11. The van der Waals surface area contributed by atoms with Gasteiger partial charge in [-0.3, -0.25) is 4.79 Å². The molecular weight excluding hydrogens is 265 g/mol. The first-order chi connectivity index (χ1) is 10.1. The quantitative estimate of drug-likeness (QED) is 0.742. The van der Waals surface area contributed by atoms with E-state index in [-0.39, 0.29) is 17.3 Å². The second kappa shape index (κ2) is 7.02. The Labute approximate surface area is 125 Å². The number of rotatable bonds is 6. The van der Waals surface area contributed by atoms with Crippen molar-refractivity contribution in [2.45, 2.75) is 13.8 Å². The highest BCUT2D eigenvalue weighted by Crippen LogP contribution is 2.18. The second-order valence-corrected chi connectivity index (χ2v) is 5.12. The molecule has 0 fully saturated rings. The Morgan fingerprint density at radius 2 is 1.71 bits per heavy atom. The Morgan fingerprint density at radius 1 is 1.10 bits per heavy atom. The number of carbonyl (C=O) groups is 1. The van der Waals surface area contributed by atoms with Crippen LogP contribution in [0.2, 0.25) is 0 Å². The van der Waals surface area contributed by atoms with Crippen LogP contribution in [0.15, 0.2) is 54.6 Å². The molecule has 0 aromatic heterocycles. The maximum Gasteiger partial charge on any atom is 0.170 e. The maximum absolute atomic E-state index is 13.7. The molecule has 2 aromatic rings. The highest BCUT2D eigenvalue weighted by atomic mass is 19.1. The smallest absolute Gasteiger partial charge is 0.170 e. The molecule has 0 amide bonds. The number of ketones is 1. The fourth-order valence-corrected chi connectivity index (χ4v) is 2.40. The number of nitrogens with zero attached hydrogens (tertiary/aromatic N) is 1. The first-order valence-electron chi connectivity index (χ1n) is 7.22. The zero-order chi connectivity index (χ0) is 15.2. The van der Waals surface area contributed by atoms with E-state index in [4.69, 9.17) is 0 Å². The van der Waals surface area contributed by atoms with Crippen molar-refractivity contribution in [3.63, 3.8) is 0 Å². The van der Waals surface area contributed by atoms with E-state index in [9.17, 15) is 9.18 Å². The van der Waals surface area contributed by atoms with Crippen LogP contribution in [-0.4, -0.2) is 18.9 Å². The van der Waals surface area contributed by atoms with Gasteiger partial charge in [0.15, 0.2) is 5.78 Å². The third-order valence-electron chi connectivity index (χ3n) is 3.58. The minimum atomic E-state index is -0.447. The summed E-state index contributed by atoms with van der Waals surface area (Å²) in [6.45, 7) is 5.28. The number of Topliss-reactive ketones (excluding diaryl/α,β-unsaturated/α-hetero) is 1. The van der Waals surface area contributed by atoms with E-state index in [0.29, 0.717) is 6.54 Å². The zero-order valence-electron chi connectivity index (χ0n) is 12.4. The van der Waals surface area contributed by atoms with Crippen LogP contribution < -0.4 is 4.90 Å². The molecule has 3 heteroatoms. The summed E-state index contributed by atoms with van der Waals surface area (Å²) in [5.41, 5.74) is 1.25. The van der Waals surface area contributed by atoms with Crippen LogP contribution in [0.4, 0.5) is 10.1 Å². The van der Waals surface area contributed by atoms with Gasteiger partial charge in [-0.2, -0.15) is 0 Å². The Hall–Kier alpha value is -2.16. The highest BCUT2D eigenvalue weighted by molar-refractivity contribution is 5.98. The first kappa shape index (κ1) is 15.2. The van der Waals surface area contributed by atoms with E-state index in [1.165, 1.54) is 6.07 Å². The van der Waals surface area contributed by atoms with E-state index in [2.05, 4.69) is 4.90 Å². The predicted molar refractivity (Wildman–Crippen MR) is 84.2 cm³/mol. The molecule has 2 nitrogen and oxygen atoms in total. The number of benzene rings is 2. The number of anilines is 1. The molecule has 2 rings (SSSR count). The van der Waals surface area contributed by atoms with Crippen LogP contribution in [0, 0.1) is 11.7 Å². The van der Waals surface area contributed by atoms with Crippen LogP contribution in [-0.2, 0) is 0 Å². The van der Waals surface area contributed by atoms with Gasteiger partial charge in [-0.25, -0.2) is 4.39 Å². The van der Waals surface area contributed by atoms with Crippen LogP contribution in [0.25, 0.3) is 0 Å². The molecule has 0 saturated heterocycles. The summed E-state index contributed by atoms with van der Waals surface area (Å²) >= 11 is 0. The van der Waals surface area contributed by atoms with Gasteiger partial charge in [-0.05, 0) is 31.2 Å². The summed E-state index contributed by atoms with van der Waals surface area (Å²) in [7, 11) is 0. The summed E-state index contributed by atoms with van der Waals surface area (Å²) in [4.78, 5) is 14.5. The average molecular weight is 285 g/mol. The van der Waals surface area contributed by atoms with Crippen LogP contribution >= 0.6 is 0 Å². The minimum absolute atomic E-state index is 0.150. The van der Waals surface area contributed by atoms with Gasteiger partial charge >= 0.3 is 0 Å². The summed E-state index contributed by atoms with van der Waals surface area (Å²) in [6.07, 6.45) is 0. The fourth-order valence-electron chi connectivity index (χ4n) is 2.40. The van der Waals surface area contributed by atoms with E-state index >= 15 is 0 Å². The summed E-state index contributed by atoms with van der Waals surface area (Å²) in [6, 6.07) is 16.1. The number of hydrogen-bond acceptors (Lipinski definition) is 2. The van der Waals surface area contributed by atoms with Gasteiger partial charge in [0.1, 0.15) is 5.82 Å². The third-order valence-corrected chi connectivity index (χ3v) is 3.58. The average Bonchev–Trinajstić information content (AvgIpc) is 2.53. The number of carbonyl (C=O) groups excluding carboxylic acids is 1. The molecule has 2 aromatic carbocycles. The maximum atomic E-state index is 13.7. The highest BCUT2D eigenvalue weighted by Gasteiger charge is 2.20. The molecule has 0 saturated carbocycles. The van der Waals surface area contributed by atoms with Crippen LogP contribution in [0.5, 0.6) is 0 Å². The molecule has 110 valence electrons. The van der Waals surface area contributed by atoms with Crippen molar-refractivity contribution in [3.05, 3.63) is 66.0 Å². The lowest BCUT2D eigenvalue weighted by Gasteiger charge is -2.26. The lowest BCUT2D eigenvalue weighted by atomic mass is 9.98. The summed E-state index contributed by atoms with van der Waals surface area (Å²) in [5, 5.41) is 0. The molecular formula is C18H20FNO. The first-order valence-corrected chi connectivity index (χ1v) is 7.22. The lowest BCUT2D eigenvalue weighted by molar-refractivity contribution is 0.0929. The standard InChI is InChI=1S/C18H20FNO/c1-3-20(15-9-5-4-6-10-15)13-14(2)18(21)16-11-7-8-12-17(16)19/h4-12,14H,3,13H2,1-2H3. The SMILES string of the molecule is CCN(CC(C)C(=O)c1ccccc1F)c1ccccc1. The van der Waals surface area contributed by atoms with Crippen LogP contribution in [0.3, 0.4) is 0 Å². The van der Waals surface area contributed by atoms with Crippen molar-refractivity contribution in [2.24, 2.45) is 5.92 Å². The molecule has 1 unspecified atom stereocenters. The zero-order valence-corrected chi connectivity index (χ0v) is 12.4. The predicted octanol–water partition coefficient (Wildman–Crippen LogP) is 4.17. The molecule has 21 heavy (non-hydrogen) atoms. The van der Waals surface area contributed by atoms with Gasteiger partial charge in [-0.15, -0.1) is 0 Å². The molecule has 0 heterocycles. The minimum Gasteiger partial charge on any atom is -0.371 e. The van der Waals surface area contributed by atoms with Crippen molar-refractivity contribution in [1.29, 1.82) is 0 Å². The van der Waals surface area contributed by atoms with Crippen molar-refractivity contribution in [3.8, 4) is 0 Å². The monoisotopic (exact) mass is 285 g/mol. The fraction of sp³-hybridized carbons (Fsp3) is 0.278. The van der Waals surface area contributed by atoms with Crippen LogP contribution in [0.1, 0.15) is 24.2 Å². The normalized spacial score (nSPS) is 12.0. The largest absolute Gasteiger partial charge is 0.371 e. The van der Waals surface area contributed by atoms with E-state index in [0.717, 1.165) is 12.2 Å². The second-order valence-electron chi connectivity index (χ2n) is 5.12. The van der Waals surface area contributed by atoms with E-state index in [1.54, 1.807) is 18.2 Å². The van der Waals surface area contributed by atoms with Crippen molar-refractivity contribution in [2.75, 3.05) is 18.0 Å². The Bertz CT molecular complexity index is 597. The third kappa shape index (κ3) is 3.69. The topological polar surface area (TPSA) is 20.3 Å². The summed E-state index contributed by atoms with van der Waals surface area (Å²) < 4.78 is 13.7. The van der Waals surface area contributed by atoms with Crippen molar-refractivity contribution >= 4 is 11.5 Å². The lowest BCUT2D eigenvalue weighted by Crippen LogP contribution is -2.32. The van der Waals surface area contributed by atoms with E-state index < -0.39 is 5.82 Å². The number of para-hydroxylation sites is 1. The number of hydrogen-bond donors (Lipinski definition) is 0. The molecule has 0 radical (unpaired) electrons. The van der Waals surface area contributed by atoms with Gasteiger partial charge < -0.3 is 4.90 Å². The summed E-state index contributed by atoms with van der Waals surface area (Å²) in [5.74, 6) is -0.860. The van der Waals surface area contributed by atoms with Crippen molar-refractivity contribution in [1.82, 2.24) is 0 Å². The molecule has 0 aliphatic heterocycles. The van der Waals surface area contributed by atoms with Gasteiger partial charge in [0.2, 0.25) is 0 Å². The number of halogens is 1.